The summed E-state index contributed by atoms with van der Waals surface area (Å²) in [5.74, 6) is 1.55. The van der Waals surface area contributed by atoms with Gasteiger partial charge >= 0.3 is 0 Å². The van der Waals surface area contributed by atoms with Crippen molar-refractivity contribution in [1.29, 1.82) is 0 Å². The molecule has 4 heteroatoms. The van der Waals surface area contributed by atoms with Gasteiger partial charge in [0.15, 0.2) is 11.5 Å². The first-order valence-corrected chi connectivity index (χ1v) is 6.94. The highest BCUT2D eigenvalue weighted by Gasteiger charge is 2.13. The highest BCUT2D eigenvalue weighted by Crippen LogP contribution is 2.32. The van der Waals surface area contributed by atoms with E-state index in [0.29, 0.717) is 6.04 Å². The quantitative estimate of drug-likeness (QED) is 0.828. The molecule has 0 bridgehead atoms. The Bertz CT molecular complexity index is 415. The maximum atomic E-state index is 5.33. The Morgan fingerprint density at radius 1 is 1.26 bits per heavy atom. The molecule has 1 heterocycles. The van der Waals surface area contributed by atoms with Gasteiger partial charge in [0, 0.05) is 24.3 Å². The first-order valence-electron chi connectivity index (χ1n) is 6.94. The number of anilines is 1. The Kier molecular flexibility index (Phi) is 4.91. The van der Waals surface area contributed by atoms with E-state index < -0.39 is 0 Å². The molecule has 2 N–H and O–H groups in total. The van der Waals surface area contributed by atoms with Gasteiger partial charge in [0.2, 0.25) is 0 Å². The molecule has 1 aliphatic rings. The Labute approximate surface area is 115 Å². The lowest BCUT2D eigenvalue weighted by molar-refractivity contribution is 0.355. The average molecular weight is 264 g/mol. The van der Waals surface area contributed by atoms with Crippen molar-refractivity contribution < 1.29 is 9.47 Å². The highest BCUT2D eigenvalue weighted by atomic mass is 16.5. The molecular weight excluding hydrogens is 240 g/mol. The van der Waals surface area contributed by atoms with Gasteiger partial charge in [-0.2, -0.15) is 0 Å². The van der Waals surface area contributed by atoms with Crippen molar-refractivity contribution in [2.75, 3.05) is 32.6 Å². The molecule has 1 aliphatic heterocycles. The molecule has 106 valence electrons. The summed E-state index contributed by atoms with van der Waals surface area (Å²) >= 11 is 0. The highest BCUT2D eigenvalue weighted by molar-refractivity contribution is 5.60. The lowest BCUT2D eigenvalue weighted by atomic mass is 10.1. The van der Waals surface area contributed by atoms with Gasteiger partial charge in [0.05, 0.1) is 14.2 Å². The number of hydrogen-bond acceptors (Lipinski definition) is 4. The first kappa shape index (κ1) is 14.0. The maximum Gasteiger partial charge on any atom is 0.162 e. The van der Waals surface area contributed by atoms with E-state index in [4.69, 9.17) is 9.47 Å². The molecule has 2 rings (SSSR count). The van der Waals surface area contributed by atoms with Crippen LogP contribution in [0.4, 0.5) is 5.69 Å². The molecule has 1 saturated heterocycles. The van der Waals surface area contributed by atoms with Crippen LogP contribution in [0.15, 0.2) is 12.1 Å². The van der Waals surface area contributed by atoms with Crippen molar-refractivity contribution in [3.05, 3.63) is 17.7 Å². The van der Waals surface area contributed by atoms with Crippen molar-refractivity contribution in [1.82, 2.24) is 5.32 Å². The fourth-order valence-corrected chi connectivity index (χ4v) is 2.56. The van der Waals surface area contributed by atoms with Crippen molar-refractivity contribution in [3.63, 3.8) is 0 Å². The van der Waals surface area contributed by atoms with Crippen LogP contribution in [0.5, 0.6) is 11.5 Å². The normalized spacial score (nSPS) is 18.4. The zero-order valence-corrected chi connectivity index (χ0v) is 12.1. The lowest BCUT2D eigenvalue weighted by Gasteiger charge is -2.16. The number of methoxy groups -OCH3 is 2. The second-order valence-corrected chi connectivity index (χ2v) is 5.03. The van der Waals surface area contributed by atoms with Crippen LogP contribution in [-0.4, -0.2) is 33.4 Å². The van der Waals surface area contributed by atoms with Crippen LogP contribution in [0.2, 0.25) is 0 Å². The fourth-order valence-electron chi connectivity index (χ4n) is 2.56. The predicted molar refractivity (Wildman–Crippen MR) is 78.4 cm³/mol. The fraction of sp³-hybridized carbons (Fsp3) is 0.600. The van der Waals surface area contributed by atoms with E-state index in [1.54, 1.807) is 14.2 Å². The van der Waals surface area contributed by atoms with Gasteiger partial charge in [-0.25, -0.2) is 0 Å². The number of aryl methyl sites for hydroxylation is 1. The summed E-state index contributed by atoms with van der Waals surface area (Å²) in [5, 5.41) is 7.00. The Balaban J connectivity index is 1.95. The van der Waals surface area contributed by atoms with Gasteiger partial charge in [-0.3, -0.25) is 0 Å². The van der Waals surface area contributed by atoms with Gasteiger partial charge < -0.3 is 20.1 Å². The third-order valence-electron chi connectivity index (χ3n) is 3.70. The Morgan fingerprint density at radius 3 is 2.63 bits per heavy atom. The minimum Gasteiger partial charge on any atom is -0.493 e. The monoisotopic (exact) mass is 264 g/mol. The molecule has 4 nitrogen and oxygen atoms in total. The molecule has 19 heavy (non-hydrogen) atoms. The molecule has 1 fully saturated rings. The van der Waals surface area contributed by atoms with E-state index >= 15 is 0 Å². The predicted octanol–water partition coefficient (Wildman–Crippen LogP) is 2.57. The third-order valence-corrected chi connectivity index (χ3v) is 3.70. The molecule has 0 spiro atoms. The van der Waals surface area contributed by atoms with Gasteiger partial charge in [0.1, 0.15) is 0 Å². The minimum atomic E-state index is 0.674. The SMILES string of the molecule is COc1cc(C)c(NCCC2CCCN2)cc1OC. The van der Waals surface area contributed by atoms with E-state index in [1.165, 1.54) is 24.9 Å². The lowest BCUT2D eigenvalue weighted by Crippen LogP contribution is -2.24. The van der Waals surface area contributed by atoms with Crippen molar-refractivity contribution in [2.45, 2.75) is 32.2 Å². The topological polar surface area (TPSA) is 42.5 Å². The van der Waals surface area contributed by atoms with E-state index in [9.17, 15) is 0 Å². The van der Waals surface area contributed by atoms with Gasteiger partial charge in [-0.05, 0) is 44.4 Å². The first-order chi connectivity index (χ1) is 9.24. The molecule has 1 aromatic rings. The van der Waals surface area contributed by atoms with Crippen LogP contribution in [0.25, 0.3) is 0 Å². The van der Waals surface area contributed by atoms with Crippen LogP contribution >= 0.6 is 0 Å². The van der Waals surface area contributed by atoms with E-state index in [0.717, 1.165) is 30.2 Å². The molecule has 1 atom stereocenters. The van der Waals surface area contributed by atoms with Gasteiger partial charge in [-0.1, -0.05) is 0 Å². The summed E-state index contributed by atoms with van der Waals surface area (Å²) in [5.41, 5.74) is 2.30. The van der Waals surface area contributed by atoms with Gasteiger partial charge in [0.25, 0.3) is 0 Å². The second kappa shape index (κ2) is 6.66. The molecule has 1 unspecified atom stereocenters. The van der Waals surface area contributed by atoms with E-state index in [-0.39, 0.29) is 0 Å². The summed E-state index contributed by atoms with van der Waals surface area (Å²) in [4.78, 5) is 0. The smallest absolute Gasteiger partial charge is 0.162 e. The maximum absolute atomic E-state index is 5.33. The number of nitrogens with one attached hydrogen (secondary N) is 2. The van der Waals surface area contributed by atoms with Crippen LogP contribution in [0, 0.1) is 6.92 Å². The summed E-state index contributed by atoms with van der Waals surface area (Å²) in [6.45, 7) is 4.23. The average Bonchev–Trinajstić information content (AvgIpc) is 2.93. The molecule has 0 aliphatic carbocycles. The summed E-state index contributed by atoms with van der Waals surface area (Å²) in [7, 11) is 3.33. The number of hydrogen-bond donors (Lipinski definition) is 2. The largest absolute Gasteiger partial charge is 0.493 e. The van der Waals surface area contributed by atoms with Crippen molar-refractivity contribution in [2.24, 2.45) is 0 Å². The molecule has 0 amide bonds. The van der Waals surface area contributed by atoms with Crippen LogP contribution < -0.4 is 20.1 Å². The zero-order valence-electron chi connectivity index (χ0n) is 12.1. The number of ether oxygens (including phenoxy) is 2. The van der Waals surface area contributed by atoms with Crippen molar-refractivity contribution >= 4 is 5.69 Å². The second-order valence-electron chi connectivity index (χ2n) is 5.03. The number of rotatable bonds is 6. The van der Waals surface area contributed by atoms with Crippen molar-refractivity contribution in [3.8, 4) is 11.5 Å². The standard InChI is InChI=1S/C15H24N2O2/c1-11-9-14(18-2)15(19-3)10-13(11)17-8-6-12-5-4-7-16-12/h9-10,12,16-17H,4-8H2,1-3H3. The molecule has 1 aromatic carbocycles. The number of benzene rings is 1. The molecular formula is C15H24N2O2. The van der Waals surface area contributed by atoms with Crippen LogP contribution in [0.1, 0.15) is 24.8 Å². The van der Waals surface area contributed by atoms with Crippen LogP contribution in [-0.2, 0) is 0 Å². The van der Waals surface area contributed by atoms with E-state index in [2.05, 4.69) is 17.6 Å². The molecule has 0 aromatic heterocycles. The summed E-state index contributed by atoms with van der Waals surface area (Å²) in [6.07, 6.45) is 3.76. The Morgan fingerprint density at radius 2 is 2.00 bits per heavy atom. The van der Waals surface area contributed by atoms with Gasteiger partial charge in [-0.15, -0.1) is 0 Å². The van der Waals surface area contributed by atoms with Crippen LogP contribution in [0.3, 0.4) is 0 Å². The minimum absolute atomic E-state index is 0.674. The molecule has 0 saturated carbocycles. The third kappa shape index (κ3) is 3.53. The Hall–Kier alpha value is -1.42. The van der Waals surface area contributed by atoms with E-state index in [1.807, 2.05) is 12.1 Å². The summed E-state index contributed by atoms with van der Waals surface area (Å²) in [6, 6.07) is 4.69. The molecule has 0 radical (unpaired) electrons. The zero-order chi connectivity index (χ0) is 13.7. The summed E-state index contributed by atoms with van der Waals surface area (Å²) < 4.78 is 10.6.